The summed E-state index contributed by atoms with van der Waals surface area (Å²) in [6, 6.07) is 2.14. The fourth-order valence-electron chi connectivity index (χ4n) is 5.14. The van der Waals surface area contributed by atoms with Crippen LogP contribution in [0.3, 0.4) is 0 Å². The minimum absolute atomic E-state index is 0.0144. The highest BCUT2D eigenvalue weighted by Crippen LogP contribution is 2.31. The fraction of sp³-hybridized carbons (Fsp3) is 0.500. The first kappa shape index (κ1) is 24.4. The number of aryl methyl sites for hydroxylation is 1. The summed E-state index contributed by atoms with van der Waals surface area (Å²) in [4.78, 5) is 21.5. The lowest BCUT2D eigenvalue weighted by atomic mass is 9.92. The Balaban J connectivity index is 1.25. The highest BCUT2D eigenvalue weighted by molar-refractivity contribution is 7.10. The van der Waals surface area contributed by atoms with E-state index >= 15 is 0 Å². The van der Waals surface area contributed by atoms with Crippen molar-refractivity contribution in [2.24, 2.45) is 11.8 Å². The van der Waals surface area contributed by atoms with E-state index in [1.54, 1.807) is 6.20 Å². The summed E-state index contributed by atoms with van der Waals surface area (Å²) >= 11 is 1.46. The molecule has 1 fully saturated rings. The Morgan fingerprint density at radius 2 is 2.06 bits per heavy atom. The summed E-state index contributed by atoms with van der Waals surface area (Å²) in [6.45, 7) is 4.32. The van der Waals surface area contributed by atoms with Gasteiger partial charge in [0.05, 0.1) is 42.0 Å². The van der Waals surface area contributed by atoms with Crippen molar-refractivity contribution in [2.45, 2.75) is 65.2 Å². The number of hydrogen-bond acceptors (Lipinski definition) is 8. The van der Waals surface area contributed by atoms with E-state index in [1.165, 1.54) is 18.0 Å². The molecule has 4 aromatic rings. The number of nitrogens with zero attached hydrogens (tertiary/aromatic N) is 5. The lowest BCUT2D eigenvalue weighted by Crippen LogP contribution is -2.17. The fourth-order valence-corrected chi connectivity index (χ4v) is 5.82. The number of fused-ring (bicyclic) bond motifs is 1. The summed E-state index contributed by atoms with van der Waals surface area (Å²) in [5, 5.41) is 11.3. The van der Waals surface area contributed by atoms with E-state index in [4.69, 9.17) is 14.1 Å². The molecule has 2 atom stereocenters. The van der Waals surface area contributed by atoms with Crippen LogP contribution in [0.1, 0.15) is 63.3 Å². The molecule has 0 amide bonds. The number of carbonyl (C=O) groups is 1. The van der Waals surface area contributed by atoms with Crippen molar-refractivity contribution < 1.29 is 9.53 Å². The lowest BCUT2D eigenvalue weighted by molar-refractivity contribution is -0.148. The smallest absolute Gasteiger partial charge is 0.308 e. The molecule has 2 N–H and O–H groups in total. The second kappa shape index (κ2) is 11.2. The Morgan fingerprint density at radius 3 is 2.89 bits per heavy atom. The van der Waals surface area contributed by atoms with Crippen LogP contribution in [0.4, 0.5) is 10.8 Å². The molecule has 4 aromatic heterocycles. The average Bonchev–Trinajstić information content (AvgIpc) is 3.61. The van der Waals surface area contributed by atoms with Gasteiger partial charge in [-0.25, -0.2) is 9.97 Å². The van der Waals surface area contributed by atoms with E-state index in [-0.39, 0.29) is 11.9 Å². The van der Waals surface area contributed by atoms with Gasteiger partial charge in [0.25, 0.3) is 0 Å². The van der Waals surface area contributed by atoms with E-state index in [0.29, 0.717) is 18.3 Å². The van der Waals surface area contributed by atoms with E-state index in [0.717, 1.165) is 78.2 Å². The van der Waals surface area contributed by atoms with Gasteiger partial charge in [0.15, 0.2) is 11.5 Å². The Hall–Kier alpha value is -3.27. The van der Waals surface area contributed by atoms with Crippen molar-refractivity contribution in [3.05, 3.63) is 42.2 Å². The predicted molar refractivity (Wildman–Crippen MR) is 140 cm³/mol. The maximum Gasteiger partial charge on any atom is 0.308 e. The molecule has 1 aliphatic carbocycles. The van der Waals surface area contributed by atoms with Crippen LogP contribution in [0.25, 0.3) is 16.9 Å². The SMILES string of the molecule is CCOC(=O)C1CCCCC(Cc2cc(Nc3nc(C)cn4c(-c5cn[nH]c5)cnc34)sn2)CCC1. The van der Waals surface area contributed by atoms with Gasteiger partial charge in [0.2, 0.25) is 0 Å². The summed E-state index contributed by atoms with van der Waals surface area (Å²) in [5.41, 5.74) is 4.70. The highest BCUT2D eigenvalue weighted by atomic mass is 32.1. The molecular weight excluding hydrogens is 474 g/mol. The maximum atomic E-state index is 12.2. The molecule has 4 heterocycles. The Kier molecular flexibility index (Phi) is 7.60. The van der Waals surface area contributed by atoms with Crippen molar-refractivity contribution in [3.63, 3.8) is 0 Å². The van der Waals surface area contributed by atoms with Crippen molar-refractivity contribution in [2.75, 3.05) is 11.9 Å². The molecule has 0 radical (unpaired) electrons. The zero-order valence-electron chi connectivity index (χ0n) is 20.9. The first-order chi connectivity index (χ1) is 17.6. The summed E-state index contributed by atoms with van der Waals surface area (Å²) < 4.78 is 12.1. The van der Waals surface area contributed by atoms with E-state index in [9.17, 15) is 4.79 Å². The van der Waals surface area contributed by atoms with E-state index in [1.807, 2.05) is 36.8 Å². The molecule has 0 aromatic carbocycles. The number of anilines is 2. The zero-order chi connectivity index (χ0) is 24.9. The van der Waals surface area contributed by atoms with Crippen molar-refractivity contribution in [1.82, 2.24) is 28.9 Å². The zero-order valence-corrected chi connectivity index (χ0v) is 21.7. The average molecular weight is 508 g/mol. The molecule has 1 saturated carbocycles. The van der Waals surface area contributed by atoms with Crippen LogP contribution in [0.15, 0.2) is 30.9 Å². The van der Waals surface area contributed by atoms with Gasteiger partial charge in [-0.2, -0.15) is 9.47 Å². The van der Waals surface area contributed by atoms with Gasteiger partial charge in [-0.05, 0) is 56.6 Å². The van der Waals surface area contributed by atoms with E-state index in [2.05, 4.69) is 26.6 Å². The van der Waals surface area contributed by atoms with Crippen LogP contribution in [0.2, 0.25) is 0 Å². The number of rotatable bonds is 7. The number of ether oxygens (including phenoxy) is 1. The molecule has 1 aliphatic rings. The Bertz CT molecular complexity index is 1300. The number of imidazole rings is 1. The van der Waals surface area contributed by atoms with Gasteiger partial charge >= 0.3 is 5.97 Å². The molecule has 190 valence electrons. The molecule has 36 heavy (non-hydrogen) atoms. The van der Waals surface area contributed by atoms with Crippen molar-refractivity contribution in [1.29, 1.82) is 0 Å². The van der Waals surface area contributed by atoms with Gasteiger partial charge < -0.3 is 10.1 Å². The van der Waals surface area contributed by atoms with Crippen LogP contribution in [-0.4, -0.2) is 41.5 Å². The second-order valence-electron chi connectivity index (χ2n) is 9.60. The molecule has 9 nitrogen and oxygen atoms in total. The summed E-state index contributed by atoms with van der Waals surface area (Å²) in [6.07, 6.45) is 15.9. The molecule has 5 rings (SSSR count). The summed E-state index contributed by atoms with van der Waals surface area (Å²) in [7, 11) is 0. The topological polar surface area (TPSA) is 110 Å². The van der Waals surface area contributed by atoms with Crippen molar-refractivity contribution >= 4 is 34.0 Å². The number of H-pyrrole nitrogens is 1. The quantitative estimate of drug-likeness (QED) is 0.308. The summed E-state index contributed by atoms with van der Waals surface area (Å²) in [5.74, 6) is 1.36. The number of aromatic nitrogens is 6. The van der Waals surface area contributed by atoms with Gasteiger partial charge in [0.1, 0.15) is 5.00 Å². The third-order valence-electron chi connectivity index (χ3n) is 6.90. The first-order valence-electron chi connectivity index (χ1n) is 12.8. The molecular formula is C26H33N7O2S. The van der Waals surface area contributed by atoms with Crippen molar-refractivity contribution in [3.8, 4) is 11.3 Å². The van der Waals surface area contributed by atoms with Crippen LogP contribution in [0.5, 0.6) is 0 Å². The molecule has 10 heteroatoms. The lowest BCUT2D eigenvalue weighted by Gasteiger charge is -2.15. The third kappa shape index (κ3) is 5.59. The number of carbonyl (C=O) groups excluding carboxylic acids is 1. The van der Waals surface area contributed by atoms with E-state index < -0.39 is 0 Å². The van der Waals surface area contributed by atoms with Gasteiger partial charge in [-0.3, -0.25) is 14.3 Å². The minimum Gasteiger partial charge on any atom is -0.466 e. The van der Waals surface area contributed by atoms with Crippen LogP contribution in [0, 0.1) is 18.8 Å². The molecule has 0 bridgehead atoms. The first-order valence-corrected chi connectivity index (χ1v) is 13.6. The molecule has 2 unspecified atom stereocenters. The predicted octanol–water partition coefficient (Wildman–Crippen LogP) is 5.71. The number of hydrogen-bond donors (Lipinski definition) is 2. The highest BCUT2D eigenvalue weighted by Gasteiger charge is 2.23. The van der Waals surface area contributed by atoms with Crippen LogP contribution in [-0.2, 0) is 16.0 Å². The largest absolute Gasteiger partial charge is 0.466 e. The molecule has 0 aliphatic heterocycles. The van der Waals surface area contributed by atoms with Gasteiger partial charge in [-0.15, -0.1) is 0 Å². The number of nitrogens with one attached hydrogen (secondary N) is 2. The van der Waals surface area contributed by atoms with Crippen LogP contribution < -0.4 is 5.32 Å². The maximum absolute atomic E-state index is 12.2. The second-order valence-corrected chi connectivity index (χ2v) is 10.4. The minimum atomic E-state index is -0.0144. The third-order valence-corrected chi connectivity index (χ3v) is 7.65. The van der Waals surface area contributed by atoms with Gasteiger partial charge in [0, 0.05) is 18.0 Å². The number of esters is 1. The van der Waals surface area contributed by atoms with Crippen LogP contribution >= 0.6 is 11.5 Å². The Morgan fingerprint density at radius 1 is 1.22 bits per heavy atom. The number of aromatic amines is 1. The normalized spacial score (nSPS) is 18.9. The van der Waals surface area contributed by atoms with Gasteiger partial charge in [-0.1, -0.05) is 32.1 Å². The molecule has 0 spiro atoms. The molecule has 0 saturated heterocycles. The Labute approximate surface area is 214 Å². The monoisotopic (exact) mass is 507 g/mol. The standard InChI is InChI=1S/C26H33N7O2S/c1-3-35-26(34)19-9-5-4-7-18(8-6-10-19)11-21-12-23(36-32-21)31-24-25-27-15-22(20-13-28-29-14-20)33(25)16-17(2)30-24/h12-16,18-19H,3-11H2,1-2H3,(H,28,29)(H,30,31).